The van der Waals surface area contributed by atoms with Crippen molar-refractivity contribution in [2.24, 2.45) is 5.92 Å². The normalized spacial score (nSPS) is 15.6. The van der Waals surface area contributed by atoms with Crippen LogP contribution in [0.3, 0.4) is 0 Å². The molecule has 0 bridgehead atoms. The Morgan fingerprint density at radius 1 is 1.14 bits per heavy atom. The molecule has 3 rings (SSSR count). The first kappa shape index (κ1) is 14.3. The Kier molecular flexibility index (Phi) is 4.07. The minimum atomic E-state index is 0.357. The number of rotatable bonds is 5. The van der Waals surface area contributed by atoms with E-state index in [0.717, 1.165) is 22.0 Å². The third-order valence-corrected chi connectivity index (χ3v) is 4.29. The maximum Gasteiger partial charge on any atom is 0.121 e. The highest BCUT2D eigenvalue weighted by Crippen LogP contribution is 2.43. The smallest absolute Gasteiger partial charge is 0.121 e. The Hall–Kier alpha value is -1.67. The van der Waals surface area contributed by atoms with Gasteiger partial charge in [-0.05, 0) is 67.1 Å². The summed E-state index contributed by atoms with van der Waals surface area (Å²) >= 11 is 5.99. The van der Waals surface area contributed by atoms with Crippen LogP contribution in [0.5, 0.6) is 5.75 Å². The van der Waals surface area contributed by atoms with Gasteiger partial charge >= 0.3 is 0 Å². The molecule has 0 saturated heterocycles. The maximum absolute atomic E-state index is 5.99. The number of halogens is 1. The molecule has 0 heterocycles. The van der Waals surface area contributed by atoms with Crippen molar-refractivity contribution in [3.8, 4) is 5.75 Å². The van der Waals surface area contributed by atoms with Crippen LogP contribution < -0.4 is 10.1 Å². The number of anilines is 1. The Bertz CT molecular complexity index is 620. The van der Waals surface area contributed by atoms with Gasteiger partial charge in [-0.2, -0.15) is 0 Å². The molecule has 0 aromatic heterocycles. The number of hydrogen-bond donors (Lipinski definition) is 1. The molecule has 1 aliphatic rings. The van der Waals surface area contributed by atoms with E-state index in [1.165, 1.54) is 18.4 Å². The van der Waals surface area contributed by atoms with Crippen LogP contribution in [0.1, 0.15) is 30.0 Å². The molecular formula is C18H20ClNO. The molecule has 0 amide bonds. The van der Waals surface area contributed by atoms with Crippen LogP contribution in [0.15, 0.2) is 42.5 Å². The fourth-order valence-electron chi connectivity index (χ4n) is 2.72. The number of ether oxygens (including phenoxy) is 1. The average molecular weight is 302 g/mol. The van der Waals surface area contributed by atoms with Gasteiger partial charge in [-0.25, -0.2) is 0 Å². The van der Waals surface area contributed by atoms with Gasteiger partial charge in [-0.15, -0.1) is 0 Å². The number of aryl methyl sites for hydroxylation is 1. The highest BCUT2D eigenvalue weighted by atomic mass is 35.5. The number of benzene rings is 2. The minimum Gasteiger partial charge on any atom is -0.496 e. The molecule has 110 valence electrons. The van der Waals surface area contributed by atoms with Gasteiger partial charge in [0.15, 0.2) is 0 Å². The first-order valence-corrected chi connectivity index (χ1v) is 7.72. The summed E-state index contributed by atoms with van der Waals surface area (Å²) < 4.78 is 5.32. The monoisotopic (exact) mass is 301 g/mol. The van der Waals surface area contributed by atoms with Gasteiger partial charge in [0.25, 0.3) is 0 Å². The zero-order valence-corrected chi connectivity index (χ0v) is 13.2. The molecule has 2 aromatic rings. The molecular weight excluding hydrogens is 282 g/mol. The van der Waals surface area contributed by atoms with Gasteiger partial charge in [-0.3, -0.25) is 0 Å². The Labute approximate surface area is 131 Å². The lowest BCUT2D eigenvalue weighted by molar-refractivity contribution is 0.412. The predicted octanol–water partition coefficient (Wildman–Crippen LogP) is 5.22. The molecule has 1 atom stereocenters. The van der Waals surface area contributed by atoms with Crippen molar-refractivity contribution in [3.63, 3.8) is 0 Å². The van der Waals surface area contributed by atoms with E-state index in [1.54, 1.807) is 7.11 Å². The van der Waals surface area contributed by atoms with Crippen LogP contribution in [0, 0.1) is 12.8 Å². The van der Waals surface area contributed by atoms with E-state index in [1.807, 2.05) is 18.2 Å². The lowest BCUT2D eigenvalue weighted by Gasteiger charge is -2.21. The summed E-state index contributed by atoms with van der Waals surface area (Å²) in [6.45, 7) is 2.07. The van der Waals surface area contributed by atoms with Crippen LogP contribution >= 0.6 is 11.6 Å². The molecule has 1 aliphatic carbocycles. The predicted molar refractivity (Wildman–Crippen MR) is 88.3 cm³/mol. The molecule has 1 unspecified atom stereocenters. The lowest BCUT2D eigenvalue weighted by Crippen LogP contribution is -2.13. The van der Waals surface area contributed by atoms with Crippen LogP contribution in [-0.2, 0) is 0 Å². The molecule has 1 fully saturated rings. The maximum atomic E-state index is 5.99. The van der Waals surface area contributed by atoms with Crippen LogP contribution in [-0.4, -0.2) is 7.11 Å². The first-order chi connectivity index (χ1) is 10.2. The molecule has 3 heteroatoms. The molecule has 1 N–H and O–H groups in total. The SMILES string of the molecule is COc1ccc(NC(c2ccc(Cl)cc2)C2CC2)cc1C. The van der Waals surface area contributed by atoms with Crippen molar-refractivity contribution < 1.29 is 4.74 Å². The van der Waals surface area contributed by atoms with Crippen molar-refractivity contribution >= 4 is 17.3 Å². The quantitative estimate of drug-likeness (QED) is 0.817. The molecule has 1 saturated carbocycles. The van der Waals surface area contributed by atoms with E-state index in [0.29, 0.717) is 12.0 Å². The average Bonchev–Trinajstić information content (AvgIpc) is 3.31. The second-order valence-electron chi connectivity index (χ2n) is 5.70. The van der Waals surface area contributed by atoms with Crippen molar-refractivity contribution in [2.45, 2.75) is 25.8 Å². The summed E-state index contributed by atoms with van der Waals surface area (Å²) in [6, 6.07) is 14.8. The summed E-state index contributed by atoms with van der Waals surface area (Å²) in [7, 11) is 1.70. The summed E-state index contributed by atoms with van der Waals surface area (Å²) in [5.74, 6) is 1.64. The fraction of sp³-hybridized carbons (Fsp3) is 0.333. The van der Waals surface area contributed by atoms with Gasteiger partial charge in [0.2, 0.25) is 0 Å². The molecule has 2 nitrogen and oxygen atoms in total. The van der Waals surface area contributed by atoms with Crippen molar-refractivity contribution in [3.05, 3.63) is 58.6 Å². The third kappa shape index (κ3) is 3.33. The van der Waals surface area contributed by atoms with Gasteiger partial charge in [-0.1, -0.05) is 23.7 Å². The first-order valence-electron chi connectivity index (χ1n) is 7.34. The zero-order chi connectivity index (χ0) is 14.8. The third-order valence-electron chi connectivity index (χ3n) is 4.04. The summed E-state index contributed by atoms with van der Waals surface area (Å²) in [6.07, 6.45) is 2.57. The van der Waals surface area contributed by atoms with Gasteiger partial charge < -0.3 is 10.1 Å². The van der Waals surface area contributed by atoms with E-state index >= 15 is 0 Å². The Morgan fingerprint density at radius 3 is 2.43 bits per heavy atom. The topological polar surface area (TPSA) is 21.3 Å². The largest absolute Gasteiger partial charge is 0.496 e. The minimum absolute atomic E-state index is 0.357. The number of methoxy groups -OCH3 is 1. The molecule has 0 aliphatic heterocycles. The summed E-state index contributed by atoms with van der Waals surface area (Å²) in [5, 5.41) is 4.46. The van der Waals surface area contributed by atoms with Crippen LogP contribution in [0.4, 0.5) is 5.69 Å². The van der Waals surface area contributed by atoms with Crippen molar-refractivity contribution in [1.82, 2.24) is 0 Å². The zero-order valence-electron chi connectivity index (χ0n) is 12.4. The summed E-state index contributed by atoms with van der Waals surface area (Å²) in [5.41, 5.74) is 3.59. The van der Waals surface area contributed by atoms with Crippen LogP contribution in [0.25, 0.3) is 0 Å². The number of hydrogen-bond acceptors (Lipinski definition) is 2. The second-order valence-corrected chi connectivity index (χ2v) is 6.13. The fourth-order valence-corrected chi connectivity index (χ4v) is 2.85. The van der Waals surface area contributed by atoms with Crippen LogP contribution in [0.2, 0.25) is 5.02 Å². The van der Waals surface area contributed by atoms with E-state index in [2.05, 4.69) is 36.5 Å². The van der Waals surface area contributed by atoms with E-state index in [-0.39, 0.29) is 0 Å². The van der Waals surface area contributed by atoms with Gasteiger partial charge in [0, 0.05) is 10.7 Å². The van der Waals surface area contributed by atoms with Crippen molar-refractivity contribution in [1.29, 1.82) is 0 Å². The van der Waals surface area contributed by atoms with E-state index < -0.39 is 0 Å². The molecule has 0 radical (unpaired) electrons. The van der Waals surface area contributed by atoms with Crippen molar-refractivity contribution in [2.75, 3.05) is 12.4 Å². The highest BCUT2D eigenvalue weighted by molar-refractivity contribution is 6.30. The molecule has 2 aromatic carbocycles. The highest BCUT2D eigenvalue weighted by Gasteiger charge is 2.32. The Morgan fingerprint density at radius 2 is 1.86 bits per heavy atom. The van der Waals surface area contributed by atoms with E-state index in [4.69, 9.17) is 16.3 Å². The van der Waals surface area contributed by atoms with E-state index in [9.17, 15) is 0 Å². The number of nitrogens with one attached hydrogen (secondary N) is 1. The standard InChI is InChI=1S/C18H20ClNO/c1-12-11-16(9-10-17(12)21-2)20-18(13-3-4-13)14-5-7-15(19)8-6-14/h5-11,13,18,20H,3-4H2,1-2H3. The van der Waals surface area contributed by atoms with Gasteiger partial charge in [0.05, 0.1) is 13.2 Å². The molecule has 21 heavy (non-hydrogen) atoms. The Balaban J connectivity index is 1.82. The molecule has 0 spiro atoms. The second kappa shape index (κ2) is 5.98. The lowest BCUT2D eigenvalue weighted by atomic mass is 10.0. The van der Waals surface area contributed by atoms with Gasteiger partial charge in [0.1, 0.15) is 5.75 Å². The summed E-state index contributed by atoms with van der Waals surface area (Å²) in [4.78, 5) is 0.